The highest BCUT2D eigenvalue weighted by molar-refractivity contribution is 7.96. The van der Waals surface area contributed by atoms with Gasteiger partial charge in [0, 0.05) is 7.05 Å². The van der Waals surface area contributed by atoms with E-state index in [9.17, 15) is 4.79 Å². The molecule has 3 unspecified atom stereocenters. The quantitative estimate of drug-likeness (QED) is 0.0598. The lowest BCUT2D eigenvalue weighted by Crippen LogP contribution is -2.39. The number of esters is 1. The normalized spacial score (nSPS) is 15.7. The fraction of sp³-hybridized carbons (Fsp3) is 0.400. The number of imidazole rings is 1. The second-order valence-electron chi connectivity index (χ2n) is 10.6. The minimum atomic E-state index is -1.72. The third kappa shape index (κ3) is 8.40. The molecule has 0 saturated heterocycles. The topological polar surface area (TPSA) is 151 Å². The van der Waals surface area contributed by atoms with Crippen LogP contribution in [0.2, 0.25) is 0 Å². The Morgan fingerprint density at radius 2 is 1.87 bits per heavy atom. The highest BCUT2D eigenvalue weighted by Gasteiger charge is 2.54. The van der Waals surface area contributed by atoms with Crippen molar-refractivity contribution in [2.75, 3.05) is 30.7 Å². The SMILES string of the molecule is CCC(COP(NC1(C(=O)OCc2ccccc2)CC1)Oc1ccccc1)OC(C)n1cnc2c(N(C)NSC)nc(N)nc21. The van der Waals surface area contributed by atoms with Crippen LogP contribution in [0.5, 0.6) is 5.75 Å². The molecule has 45 heavy (non-hydrogen) atoms. The number of hydrogen-bond donors (Lipinski definition) is 3. The van der Waals surface area contributed by atoms with Gasteiger partial charge in [-0.15, -0.1) is 0 Å². The van der Waals surface area contributed by atoms with Gasteiger partial charge in [-0.05, 0) is 50.1 Å². The van der Waals surface area contributed by atoms with Gasteiger partial charge in [-0.1, -0.05) is 67.4 Å². The van der Waals surface area contributed by atoms with Crippen LogP contribution in [-0.2, 0) is 25.4 Å². The number of anilines is 2. The number of carbonyl (C=O) groups is 1. The number of hydrogen-bond acceptors (Lipinski definition) is 13. The van der Waals surface area contributed by atoms with Gasteiger partial charge in [0.25, 0.3) is 0 Å². The molecular formula is C30H39N8O5PS. The van der Waals surface area contributed by atoms with Crippen molar-refractivity contribution < 1.29 is 23.3 Å². The van der Waals surface area contributed by atoms with E-state index in [0.717, 1.165) is 5.56 Å². The predicted molar refractivity (Wildman–Crippen MR) is 176 cm³/mol. The molecule has 4 aromatic rings. The Bertz CT molecular complexity index is 1550. The fourth-order valence-corrected chi connectivity index (χ4v) is 6.33. The molecule has 4 N–H and O–H groups in total. The molecule has 0 bridgehead atoms. The van der Waals surface area contributed by atoms with Crippen LogP contribution in [0.25, 0.3) is 11.2 Å². The molecule has 0 radical (unpaired) electrons. The third-order valence-corrected chi connectivity index (χ3v) is 9.00. The summed E-state index contributed by atoms with van der Waals surface area (Å²) >= 11 is 1.42. The summed E-state index contributed by atoms with van der Waals surface area (Å²) in [5, 5.41) is 5.08. The molecule has 2 aromatic carbocycles. The molecule has 0 amide bonds. The summed E-state index contributed by atoms with van der Waals surface area (Å²) in [4.78, 5) is 29.6. The summed E-state index contributed by atoms with van der Waals surface area (Å²) in [6.07, 6.45) is 4.76. The number of hydrazine groups is 1. The Morgan fingerprint density at radius 1 is 1.16 bits per heavy atom. The molecule has 1 fully saturated rings. The molecule has 1 aliphatic carbocycles. The van der Waals surface area contributed by atoms with E-state index >= 15 is 0 Å². The van der Waals surface area contributed by atoms with Crippen molar-refractivity contribution >= 4 is 49.4 Å². The van der Waals surface area contributed by atoms with Crippen LogP contribution in [-0.4, -0.2) is 57.0 Å². The van der Waals surface area contributed by atoms with Crippen LogP contribution in [0.15, 0.2) is 67.0 Å². The van der Waals surface area contributed by atoms with Crippen LogP contribution in [0.3, 0.4) is 0 Å². The average Bonchev–Trinajstić information content (AvgIpc) is 3.71. The number of nitrogen functional groups attached to an aromatic ring is 1. The number of aromatic nitrogens is 4. The molecule has 1 aliphatic rings. The Morgan fingerprint density at radius 3 is 2.53 bits per heavy atom. The van der Waals surface area contributed by atoms with Crippen molar-refractivity contribution in [3.05, 3.63) is 72.6 Å². The predicted octanol–water partition coefficient (Wildman–Crippen LogP) is 5.13. The van der Waals surface area contributed by atoms with E-state index in [1.165, 1.54) is 11.9 Å². The highest BCUT2D eigenvalue weighted by Crippen LogP contribution is 2.47. The monoisotopic (exact) mass is 654 g/mol. The highest BCUT2D eigenvalue weighted by atomic mass is 32.2. The van der Waals surface area contributed by atoms with Crippen LogP contribution in [0.4, 0.5) is 11.8 Å². The molecule has 0 spiro atoms. The van der Waals surface area contributed by atoms with Crippen molar-refractivity contribution in [1.29, 1.82) is 0 Å². The first-order valence-electron chi connectivity index (χ1n) is 14.6. The van der Waals surface area contributed by atoms with E-state index in [-0.39, 0.29) is 31.2 Å². The number of nitrogens with one attached hydrogen (secondary N) is 2. The number of carbonyl (C=O) groups excluding carboxylic acids is 1. The molecule has 240 valence electrons. The van der Waals surface area contributed by atoms with Gasteiger partial charge < -0.3 is 24.3 Å². The summed E-state index contributed by atoms with van der Waals surface area (Å²) in [6.45, 7) is 4.35. The van der Waals surface area contributed by atoms with Gasteiger partial charge in [0.1, 0.15) is 24.1 Å². The molecule has 0 aliphatic heterocycles. The largest absolute Gasteiger partial charge is 0.459 e. The number of nitrogens with two attached hydrogens (primary N) is 1. The number of para-hydroxylation sites is 1. The summed E-state index contributed by atoms with van der Waals surface area (Å²) < 4.78 is 26.4. The van der Waals surface area contributed by atoms with Gasteiger partial charge >= 0.3 is 14.5 Å². The molecular weight excluding hydrogens is 615 g/mol. The van der Waals surface area contributed by atoms with Crippen LogP contribution in [0, 0.1) is 0 Å². The molecule has 2 heterocycles. The third-order valence-electron chi connectivity index (χ3n) is 7.17. The fourth-order valence-electron chi connectivity index (χ4n) is 4.53. The number of nitrogens with zero attached hydrogens (tertiary/aromatic N) is 5. The van der Waals surface area contributed by atoms with Gasteiger partial charge in [-0.25, -0.2) is 10.1 Å². The minimum absolute atomic E-state index is 0.127. The van der Waals surface area contributed by atoms with Crippen LogP contribution in [0.1, 0.15) is 44.9 Å². The smallest absolute Gasteiger partial charge is 0.327 e. The van der Waals surface area contributed by atoms with E-state index in [2.05, 4.69) is 24.9 Å². The lowest BCUT2D eigenvalue weighted by Gasteiger charge is -2.27. The van der Waals surface area contributed by atoms with Gasteiger partial charge in [-0.2, -0.15) is 14.8 Å². The number of fused-ring (bicyclic) bond motifs is 1. The minimum Gasteiger partial charge on any atom is -0.459 e. The molecule has 1 saturated carbocycles. The summed E-state index contributed by atoms with van der Waals surface area (Å²) in [7, 11) is 0.115. The summed E-state index contributed by atoms with van der Waals surface area (Å²) in [6, 6.07) is 19.0. The molecule has 15 heteroatoms. The summed E-state index contributed by atoms with van der Waals surface area (Å²) in [5.74, 6) is 0.995. The van der Waals surface area contributed by atoms with Crippen LogP contribution >= 0.6 is 20.5 Å². The second kappa shape index (κ2) is 15.2. The average molecular weight is 655 g/mol. The van der Waals surface area contributed by atoms with E-state index in [1.54, 1.807) is 11.3 Å². The molecule has 3 atom stereocenters. The lowest BCUT2D eigenvalue weighted by molar-refractivity contribution is -0.148. The Hall–Kier alpha value is -3.52. The second-order valence-corrected chi connectivity index (χ2v) is 12.3. The van der Waals surface area contributed by atoms with E-state index in [1.807, 2.05) is 92.4 Å². The molecule has 2 aromatic heterocycles. The zero-order valence-electron chi connectivity index (χ0n) is 25.8. The Kier molecular flexibility index (Phi) is 11.1. The lowest BCUT2D eigenvalue weighted by atomic mass is 10.2. The van der Waals surface area contributed by atoms with Gasteiger partial charge in [0.2, 0.25) is 5.95 Å². The van der Waals surface area contributed by atoms with Gasteiger partial charge in [0.05, 0.1) is 19.0 Å². The van der Waals surface area contributed by atoms with Crippen molar-refractivity contribution in [1.82, 2.24) is 29.4 Å². The number of benzene rings is 2. The van der Waals surface area contributed by atoms with Crippen LogP contribution < -0.4 is 25.2 Å². The van der Waals surface area contributed by atoms with E-state index < -0.39 is 20.3 Å². The first-order valence-corrected chi connectivity index (χ1v) is 17.0. The first-order chi connectivity index (χ1) is 21.8. The van der Waals surface area contributed by atoms with Crippen molar-refractivity contribution in [3.8, 4) is 5.75 Å². The van der Waals surface area contributed by atoms with Gasteiger partial charge in [-0.3, -0.25) is 14.4 Å². The van der Waals surface area contributed by atoms with E-state index in [0.29, 0.717) is 42.0 Å². The maximum atomic E-state index is 13.1. The number of rotatable bonds is 17. The van der Waals surface area contributed by atoms with Crippen molar-refractivity contribution in [2.45, 2.75) is 57.6 Å². The first kappa shape index (κ1) is 32.9. The van der Waals surface area contributed by atoms with E-state index in [4.69, 9.17) is 24.3 Å². The zero-order chi connectivity index (χ0) is 31.8. The van der Waals surface area contributed by atoms with Crippen molar-refractivity contribution in [3.63, 3.8) is 0 Å². The molecule has 13 nitrogen and oxygen atoms in total. The standard InChI is InChI=1S/C30H39N8O5PS/c1-5-23(42-21(2)38-20-32-25-26(37(3)36-45-4)33-29(31)34-27(25)38)19-41-44(43-24-14-10-7-11-15-24)35-30(16-17-30)28(39)40-18-22-12-8-6-9-13-22/h6-15,20-21,23,35-36H,5,16-19H2,1-4H3,(H2,31,33,34). The van der Waals surface area contributed by atoms with Crippen molar-refractivity contribution in [2.24, 2.45) is 0 Å². The molecule has 5 rings (SSSR count). The Balaban J connectivity index is 1.25. The maximum absolute atomic E-state index is 13.1. The van der Waals surface area contributed by atoms with Gasteiger partial charge in [0.15, 0.2) is 17.0 Å². The zero-order valence-corrected chi connectivity index (χ0v) is 27.5. The number of ether oxygens (including phenoxy) is 2. The summed E-state index contributed by atoms with van der Waals surface area (Å²) in [5.41, 5.74) is 7.27. The Labute approximate surface area is 268 Å². The maximum Gasteiger partial charge on any atom is 0.327 e.